The Morgan fingerprint density at radius 1 is 0.971 bits per heavy atom. The number of aryl methyl sites for hydroxylation is 1. The fourth-order valence-electron chi connectivity index (χ4n) is 4.25. The normalized spacial score (nSPS) is 17.2. The molecule has 6 nitrogen and oxygen atoms in total. The number of aliphatic hydroxyl groups excluding tert-OH is 1. The van der Waals surface area contributed by atoms with Crippen LogP contribution in [0.15, 0.2) is 78.4 Å². The first-order valence-corrected chi connectivity index (χ1v) is 11.5. The highest BCUT2D eigenvalue weighted by Gasteiger charge is 2.46. The van der Waals surface area contributed by atoms with E-state index in [1.807, 2.05) is 81.4 Å². The van der Waals surface area contributed by atoms with Gasteiger partial charge in [0.2, 0.25) is 0 Å². The summed E-state index contributed by atoms with van der Waals surface area (Å²) in [6.45, 7) is 5.97. The van der Waals surface area contributed by atoms with Gasteiger partial charge in [0.15, 0.2) is 0 Å². The number of rotatable bonds is 7. The van der Waals surface area contributed by atoms with E-state index in [1.54, 1.807) is 19.2 Å². The van der Waals surface area contributed by atoms with Gasteiger partial charge < -0.3 is 19.5 Å². The van der Waals surface area contributed by atoms with Crippen LogP contribution in [0.1, 0.15) is 42.1 Å². The Morgan fingerprint density at radius 2 is 1.66 bits per heavy atom. The number of methoxy groups -OCH3 is 1. The molecule has 1 N–H and O–H groups in total. The maximum absolute atomic E-state index is 13.3. The number of ketones is 1. The Balaban J connectivity index is 1.85. The zero-order chi connectivity index (χ0) is 25.1. The Bertz CT molecular complexity index is 1280. The Hall–Kier alpha value is -4.06. The lowest BCUT2D eigenvalue weighted by Crippen LogP contribution is -2.29. The average molecular weight is 472 g/mol. The molecular formula is C29H29NO5. The van der Waals surface area contributed by atoms with Crippen molar-refractivity contribution in [1.82, 2.24) is 4.90 Å². The summed E-state index contributed by atoms with van der Waals surface area (Å²) in [4.78, 5) is 28.1. The molecule has 1 saturated heterocycles. The van der Waals surface area contributed by atoms with Crippen LogP contribution >= 0.6 is 0 Å². The molecule has 1 heterocycles. The van der Waals surface area contributed by atoms with Crippen molar-refractivity contribution in [3.8, 4) is 11.5 Å². The number of carbonyl (C=O) groups is 2. The van der Waals surface area contributed by atoms with E-state index in [9.17, 15) is 14.7 Å². The number of hydrogen-bond donors (Lipinski definition) is 1. The highest BCUT2D eigenvalue weighted by molar-refractivity contribution is 6.46. The highest BCUT2D eigenvalue weighted by Crippen LogP contribution is 2.41. The van der Waals surface area contributed by atoms with Gasteiger partial charge in [-0.25, -0.2) is 0 Å². The molecule has 0 aliphatic carbocycles. The lowest BCUT2D eigenvalue weighted by molar-refractivity contribution is -0.140. The molecule has 1 atom stereocenters. The van der Waals surface area contributed by atoms with Crippen molar-refractivity contribution in [2.45, 2.75) is 39.5 Å². The van der Waals surface area contributed by atoms with Crippen LogP contribution in [-0.2, 0) is 16.1 Å². The zero-order valence-corrected chi connectivity index (χ0v) is 20.3. The van der Waals surface area contributed by atoms with Gasteiger partial charge in [0, 0.05) is 12.1 Å². The van der Waals surface area contributed by atoms with Gasteiger partial charge in [-0.15, -0.1) is 0 Å². The minimum absolute atomic E-state index is 0.0408. The third-order valence-electron chi connectivity index (χ3n) is 5.90. The molecule has 1 aliphatic rings. The summed E-state index contributed by atoms with van der Waals surface area (Å²) in [5.74, 6) is -0.299. The smallest absolute Gasteiger partial charge is 0.295 e. The number of amides is 1. The van der Waals surface area contributed by atoms with Gasteiger partial charge in [0.1, 0.15) is 17.3 Å². The lowest BCUT2D eigenvalue weighted by Gasteiger charge is -2.26. The molecule has 180 valence electrons. The maximum atomic E-state index is 13.3. The molecule has 35 heavy (non-hydrogen) atoms. The van der Waals surface area contributed by atoms with Gasteiger partial charge in [-0.1, -0.05) is 54.1 Å². The summed E-state index contributed by atoms with van der Waals surface area (Å²) in [5.41, 5.74) is 3.05. The van der Waals surface area contributed by atoms with E-state index in [0.717, 1.165) is 11.1 Å². The Kier molecular flexibility index (Phi) is 6.92. The second kappa shape index (κ2) is 10.1. The molecule has 0 aromatic heterocycles. The van der Waals surface area contributed by atoms with Gasteiger partial charge in [-0.05, 0) is 56.2 Å². The molecule has 0 bridgehead atoms. The summed E-state index contributed by atoms with van der Waals surface area (Å²) in [5, 5.41) is 11.2. The van der Waals surface area contributed by atoms with E-state index in [0.29, 0.717) is 22.6 Å². The molecule has 0 radical (unpaired) electrons. The minimum atomic E-state index is -0.779. The number of nitrogens with zero attached hydrogens (tertiary/aromatic N) is 1. The van der Waals surface area contributed by atoms with E-state index < -0.39 is 17.7 Å². The Labute approximate surface area is 205 Å². The first kappa shape index (κ1) is 24.1. The van der Waals surface area contributed by atoms with Crippen LogP contribution < -0.4 is 9.47 Å². The van der Waals surface area contributed by atoms with Crippen LogP contribution in [0, 0.1) is 6.92 Å². The number of carbonyl (C=O) groups excluding carboxylic acids is 2. The first-order chi connectivity index (χ1) is 16.8. The van der Waals surface area contributed by atoms with E-state index in [2.05, 4.69) is 0 Å². The molecule has 0 spiro atoms. The van der Waals surface area contributed by atoms with Gasteiger partial charge in [0.05, 0.1) is 24.8 Å². The molecule has 1 fully saturated rings. The van der Waals surface area contributed by atoms with Crippen LogP contribution in [0.2, 0.25) is 0 Å². The molecule has 3 aromatic carbocycles. The number of hydrogen-bond acceptors (Lipinski definition) is 5. The number of ether oxygens (including phenoxy) is 2. The van der Waals surface area contributed by atoms with Crippen molar-refractivity contribution in [2.75, 3.05) is 7.11 Å². The van der Waals surface area contributed by atoms with Crippen molar-refractivity contribution in [3.63, 3.8) is 0 Å². The lowest BCUT2D eigenvalue weighted by atomic mass is 9.94. The third kappa shape index (κ3) is 5.06. The minimum Gasteiger partial charge on any atom is -0.507 e. The molecule has 0 saturated carbocycles. The first-order valence-electron chi connectivity index (χ1n) is 11.5. The van der Waals surface area contributed by atoms with Gasteiger partial charge in [-0.2, -0.15) is 0 Å². The fourth-order valence-corrected chi connectivity index (χ4v) is 4.25. The van der Waals surface area contributed by atoms with E-state index >= 15 is 0 Å². The molecule has 1 unspecified atom stereocenters. The molecule has 1 amide bonds. The second-order valence-corrected chi connectivity index (χ2v) is 8.88. The molecule has 3 aromatic rings. The van der Waals surface area contributed by atoms with Crippen LogP contribution in [0.3, 0.4) is 0 Å². The number of likely N-dealkylation sites (tertiary alicyclic amines) is 1. The summed E-state index contributed by atoms with van der Waals surface area (Å²) >= 11 is 0. The number of Topliss-reactive ketones (excluding diaryl/α,β-unsaturated/α-hetero) is 1. The molecule has 1 aliphatic heterocycles. The standard InChI is InChI=1S/C29H29NO5/c1-18(2)35-24-10-6-8-22(16-24)26-25(27(31)21-13-11-19(3)12-14-21)28(32)29(33)30(26)17-20-7-5-9-23(15-20)34-4/h5-16,18,26,31H,17H2,1-4H3/b27-25-. The van der Waals surface area contributed by atoms with Crippen LogP contribution in [-0.4, -0.2) is 34.9 Å². The molecule has 4 rings (SSSR count). The summed E-state index contributed by atoms with van der Waals surface area (Å²) in [7, 11) is 1.58. The van der Waals surface area contributed by atoms with Gasteiger partial charge in [0.25, 0.3) is 11.7 Å². The van der Waals surface area contributed by atoms with Gasteiger partial charge >= 0.3 is 0 Å². The summed E-state index contributed by atoms with van der Waals surface area (Å²) < 4.78 is 11.2. The Morgan fingerprint density at radius 3 is 2.34 bits per heavy atom. The molecular weight excluding hydrogens is 442 g/mol. The third-order valence-corrected chi connectivity index (χ3v) is 5.90. The topological polar surface area (TPSA) is 76.1 Å². The number of aliphatic hydroxyl groups is 1. The van der Waals surface area contributed by atoms with Crippen molar-refractivity contribution in [1.29, 1.82) is 0 Å². The van der Waals surface area contributed by atoms with Crippen LogP contribution in [0.4, 0.5) is 0 Å². The largest absolute Gasteiger partial charge is 0.507 e. The van der Waals surface area contributed by atoms with Crippen molar-refractivity contribution >= 4 is 17.4 Å². The van der Waals surface area contributed by atoms with Crippen molar-refractivity contribution < 1.29 is 24.2 Å². The SMILES string of the molecule is COc1cccc(CN2C(=O)C(=O)/C(=C(\O)c3ccc(C)cc3)C2c2cccc(OC(C)C)c2)c1. The maximum Gasteiger partial charge on any atom is 0.295 e. The predicted octanol–water partition coefficient (Wildman–Crippen LogP) is 5.41. The zero-order valence-electron chi connectivity index (χ0n) is 20.3. The van der Waals surface area contributed by atoms with Gasteiger partial charge in [-0.3, -0.25) is 9.59 Å². The van der Waals surface area contributed by atoms with Crippen molar-refractivity contribution in [3.05, 3.63) is 101 Å². The summed E-state index contributed by atoms with van der Waals surface area (Å²) in [6.07, 6.45) is -0.0408. The van der Waals surface area contributed by atoms with E-state index in [-0.39, 0.29) is 24.0 Å². The van der Waals surface area contributed by atoms with E-state index in [1.165, 1.54) is 4.90 Å². The van der Waals surface area contributed by atoms with Crippen LogP contribution in [0.25, 0.3) is 5.76 Å². The summed E-state index contributed by atoms with van der Waals surface area (Å²) in [6, 6.07) is 21.1. The monoisotopic (exact) mass is 471 g/mol. The predicted molar refractivity (Wildman–Crippen MR) is 134 cm³/mol. The number of benzene rings is 3. The second-order valence-electron chi connectivity index (χ2n) is 8.88. The quantitative estimate of drug-likeness (QED) is 0.283. The molecule has 6 heteroatoms. The average Bonchev–Trinajstić information content (AvgIpc) is 3.09. The van der Waals surface area contributed by atoms with E-state index in [4.69, 9.17) is 9.47 Å². The fraction of sp³-hybridized carbons (Fsp3) is 0.241. The highest BCUT2D eigenvalue weighted by atomic mass is 16.5. The van der Waals surface area contributed by atoms with Crippen LogP contribution in [0.5, 0.6) is 11.5 Å². The van der Waals surface area contributed by atoms with Crippen molar-refractivity contribution in [2.24, 2.45) is 0 Å².